The molecule has 2 aromatic carbocycles. The highest BCUT2D eigenvalue weighted by atomic mass is 32.2. The van der Waals surface area contributed by atoms with Crippen LogP contribution in [0.2, 0.25) is 0 Å². The van der Waals surface area contributed by atoms with E-state index >= 15 is 0 Å². The van der Waals surface area contributed by atoms with Gasteiger partial charge in [0.2, 0.25) is 0 Å². The Morgan fingerprint density at radius 1 is 1.14 bits per heavy atom. The number of imidazole rings is 1. The standard InChI is InChI=1S/C17H16N2OS/c1-17(12-7-3-6-10-15(12)20-2)19-14-9-5-4-8-13(14)18-16(19)11-21-17/h3-10H,11H2,1-2H3/t17-/m0/s1. The van der Waals surface area contributed by atoms with Crippen LogP contribution < -0.4 is 4.74 Å². The molecule has 0 unspecified atom stereocenters. The van der Waals surface area contributed by atoms with Crippen LogP contribution in [0.4, 0.5) is 0 Å². The first kappa shape index (κ1) is 12.8. The molecular weight excluding hydrogens is 280 g/mol. The van der Waals surface area contributed by atoms with E-state index < -0.39 is 0 Å². The van der Waals surface area contributed by atoms with Gasteiger partial charge in [-0.2, -0.15) is 0 Å². The molecule has 2 heterocycles. The van der Waals surface area contributed by atoms with Crippen LogP contribution in [0, 0.1) is 0 Å². The number of rotatable bonds is 2. The zero-order valence-electron chi connectivity index (χ0n) is 12.0. The molecule has 0 aliphatic carbocycles. The summed E-state index contributed by atoms with van der Waals surface area (Å²) in [6.07, 6.45) is 0. The summed E-state index contributed by atoms with van der Waals surface area (Å²) in [4.78, 5) is 4.59. The lowest BCUT2D eigenvalue weighted by molar-refractivity contribution is 0.400. The highest BCUT2D eigenvalue weighted by molar-refractivity contribution is 7.99. The van der Waals surface area contributed by atoms with E-state index in [0.29, 0.717) is 0 Å². The first-order valence-corrected chi connectivity index (χ1v) is 7.97. The summed E-state index contributed by atoms with van der Waals surface area (Å²) in [7, 11) is 1.73. The summed E-state index contributed by atoms with van der Waals surface area (Å²) in [5.74, 6) is 2.98. The van der Waals surface area contributed by atoms with Gasteiger partial charge in [-0.05, 0) is 25.1 Å². The minimum atomic E-state index is -0.183. The molecule has 0 radical (unpaired) electrons. The second kappa shape index (κ2) is 4.53. The van der Waals surface area contributed by atoms with Crippen molar-refractivity contribution < 1.29 is 4.74 Å². The molecule has 0 amide bonds. The molecule has 3 aromatic rings. The molecule has 0 N–H and O–H groups in total. The smallest absolute Gasteiger partial charge is 0.125 e. The highest BCUT2D eigenvalue weighted by Gasteiger charge is 2.40. The second-order valence-electron chi connectivity index (χ2n) is 5.32. The van der Waals surface area contributed by atoms with E-state index in [1.54, 1.807) is 7.11 Å². The van der Waals surface area contributed by atoms with Crippen LogP contribution in [0.15, 0.2) is 48.5 Å². The van der Waals surface area contributed by atoms with Gasteiger partial charge >= 0.3 is 0 Å². The average molecular weight is 296 g/mol. The van der Waals surface area contributed by atoms with Crippen LogP contribution in [0.1, 0.15) is 18.3 Å². The Morgan fingerprint density at radius 3 is 2.76 bits per heavy atom. The highest BCUT2D eigenvalue weighted by Crippen LogP contribution is 2.50. The Kier molecular flexibility index (Phi) is 2.76. The van der Waals surface area contributed by atoms with E-state index in [0.717, 1.165) is 22.8 Å². The minimum Gasteiger partial charge on any atom is -0.496 e. The molecule has 0 spiro atoms. The number of ether oxygens (including phenoxy) is 1. The Labute approximate surface area is 127 Å². The number of aromatic nitrogens is 2. The number of hydrogen-bond donors (Lipinski definition) is 0. The van der Waals surface area contributed by atoms with Crippen molar-refractivity contribution in [1.82, 2.24) is 9.55 Å². The summed E-state index contributed by atoms with van der Waals surface area (Å²) < 4.78 is 7.93. The topological polar surface area (TPSA) is 27.1 Å². The van der Waals surface area contributed by atoms with Crippen LogP contribution in [-0.2, 0) is 10.6 Å². The van der Waals surface area contributed by atoms with Crippen LogP contribution in [-0.4, -0.2) is 16.7 Å². The van der Waals surface area contributed by atoms with Crippen molar-refractivity contribution in [3.05, 3.63) is 59.9 Å². The number of para-hydroxylation sites is 3. The molecule has 1 atom stereocenters. The molecule has 0 saturated carbocycles. The Balaban J connectivity index is 2.00. The summed E-state index contributed by atoms with van der Waals surface area (Å²) in [5.41, 5.74) is 3.44. The third kappa shape index (κ3) is 1.72. The van der Waals surface area contributed by atoms with Gasteiger partial charge in [-0.1, -0.05) is 30.3 Å². The second-order valence-corrected chi connectivity index (χ2v) is 6.70. The summed E-state index contributed by atoms with van der Waals surface area (Å²) >= 11 is 1.90. The molecule has 1 aromatic heterocycles. The largest absolute Gasteiger partial charge is 0.496 e. The first-order chi connectivity index (χ1) is 10.2. The lowest BCUT2D eigenvalue weighted by atomic mass is 10.1. The van der Waals surface area contributed by atoms with Gasteiger partial charge in [0.25, 0.3) is 0 Å². The molecule has 1 aliphatic heterocycles. The summed E-state index contributed by atoms with van der Waals surface area (Å²) in [6, 6.07) is 16.6. The normalized spacial score (nSPS) is 20.7. The number of nitrogens with zero attached hydrogens (tertiary/aromatic N) is 2. The molecule has 3 nitrogen and oxygen atoms in total. The van der Waals surface area contributed by atoms with Crippen LogP contribution in [0.25, 0.3) is 11.0 Å². The number of methoxy groups -OCH3 is 1. The van der Waals surface area contributed by atoms with Crippen molar-refractivity contribution >= 4 is 22.8 Å². The average Bonchev–Trinajstić information content (AvgIpc) is 3.06. The zero-order valence-corrected chi connectivity index (χ0v) is 12.9. The molecule has 0 saturated heterocycles. The Morgan fingerprint density at radius 2 is 1.90 bits per heavy atom. The number of thioether (sulfide) groups is 1. The molecule has 21 heavy (non-hydrogen) atoms. The number of benzene rings is 2. The van der Waals surface area contributed by atoms with Gasteiger partial charge in [0.05, 0.1) is 23.9 Å². The predicted molar refractivity (Wildman–Crippen MR) is 86.8 cm³/mol. The third-order valence-corrected chi connectivity index (χ3v) is 5.51. The third-order valence-electron chi connectivity index (χ3n) is 4.15. The van der Waals surface area contributed by atoms with Gasteiger partial charge in [-0.25, -0.2) is 4.98 Å². The number of fused-ring (bicyclic) bond motifs is 3. The van der Waals surface area contributed by atoms with Crippen molar-refractivity contribution in [2.75, 3.05) is 7.11 Å². The van der Waals surface area contributed by atoms with Gasteiger partial charge < -0.3 is 9.30 Å². The van der Waals surface area contributed by atoms with Crippen molar-refractivity contribution in [2.45, 2.75) is 17.5 Å². The van der Waals surface area contributed by atoms with Gasteiger partial charge in [-0.3, -0.25) is 0 Å². The van der Waals surface area contributed by atoms with Crippen LogP contribution in [0.5, 0.6) is 5.75 Å². The lowest BCUT2D eigenvalue weighted by Gasteiger charge is -2.28. The molecule has 0 fully saturated rings. The Hall–Kier alpha value is -1.94. The minimum absolute atomic E-state index is 0.183. The van der Waals surface area contributed by atoms with E-state index in [9.17, 15) is 0 Å². The maximum atomic E-state index is 5.58. The quantitative estimate of drug-likeness (QED) is 0.715. The van der Waals surface area contributed by atoms with Gasteiger partial charge in [-0.15, -0.1) is 11.8 Å². The van der Waals surface area contributed by atoms with Crippen molar-refractivity contribution in [2.24, 2.45) is 0 Å². The molecule has 106 valence electrons. The van der Waals surface area contributed by atoms with E-state index in [2.05, 4.69) is 41.8 Å². The Bertz CT molecular complexity index is 827. The van der Waals surface area contributed by atoms with E-state index in [4.69, 9.17) is 9.72 Å². The van der Waals surface area contributed by atoms with Gasteiger partial charge in [0.15, 0.2) is 0 Å². The SMILES string of the molecule is COc1ccccc1[C@]1(C)SCc2nc3ccccc3n21. The van der Waals surface area contributed by atoms with Crippen LogP contribution >= 0.6 is 11.8 Å². The fourth-order valence-electron chi connectivity index (χ4n) is 3.14. The van der Waals surface area contributed by atoms with Crippen molar-refractivity contribution in [3.8, 4) is 5.75 Å². The van der Waals surface area contributed by atoms with E-state index in [1.807, 2.05) is 30.0 Å². The zero-order chi connectivity index (χ0) is 14.4. The maximum Gasteiger partial charge on any atom is 0.125 e. The van der Waals surface area contributed by atoms with Crippen molar-refractivity contribution in [1.29, 1.82) is 0 Å². The predicted octanol–water partition coefficient (Wildman–Crippen LogP) is 4.01. The molecule has 4 heteroatoms. The molecular formula is C17H16N2OS. The fraction of sp³-hybridized carbons (Fsp3) is 0.235. The van der Waals surface area contributed by atoms with E-state index in [1.165, 1.54) is 11.1 Å². The molecule has 1 aliphatic rings. The van der Waals surface area contributed by atoms with Gasteiger partial charge in [0, 0.05) is 5.56 Å². The lowest BCUT2D eigenvalue weighted by Crippen LogP contribution is -2.25. The first-order valence-electron chi connectivity index (χ1n) is 6.98. The fourth-order valence-corrected chi connectivity index (χ4v) is 4.41. The van der Waals surface area contributed by atoms with Crippen molar-refractivity contribution in [3.63, 3.8) is 0 Å². The molecule has 4 rings (SSSR count). The monoisotopic (exact) mass is 296 g/mol. The summed E-state index contributed by atoms with van der Waals surface area (Å²) in [6.45, 7) is 2.25. The maximum absolute atomic E-state index is 5.58. The van der Waals surface area contributed by atoms with E-state index in [-0.39, 0.29) is 4.87 Å². The number of hydrogen-bond acceptors (Lipinski definition) is 3. The van der Waals surface area contributed by atoms with Gasteiger partial charge in [0.1, 0.15) is 16.4 Å². The van der Waals surface area contributed by atoms with Crippen LogP contribution in [0.3, 0.4) is 0 Å². The summed E-state index contributed by atoms with van der Waals surface area (Å²) in [5, 5.41) is 0. The molecule has 0 bridgehead atoms.